The Labute approximate surface area is 92.6 Å². The third kappa shape index (κ3) is 1.78. The van der Waals surface area contributed by atoms with E-state index in [1.807, 2.05) is 0 Å². The van der Waals surface area contributed by atoms with Crippen molar-refractivity contribution >= 4 is 0 Å². The second kappa shape index (κ2) is 3.49. The number of nitriles is 1. The van der Waals surface area contributed by atoms with E-state index in [0.717, 1.165) is 18.8 Å². The zero-order chi connectivity index (χ0) is 11.1. The summed E-state index contributed by atoms with van der Waals surface area (Å²) in [6, 6.07) is 2.24. The lowest BCUT2D eigenvalue weighted by atomic mass is 9.67. The summed E-state index contributed by atoms with van der Waals surface area (Å²) < 4.78 is 5.53. The molecule has 2 rings (SSSR count). The summed E-state index contributed by atoms with van der Waals surface area (Å²) in [7, 11) is 0. The van der Waals surface area contributed by atoms with Gasteiger partial charge in [0.25, 0.3) is 0 Å². The highest BCUT2D eigenvalue weighted by atomic mass is 16.6. The molecule has 0 amide bonds. The average Bonchev–Trinajstić information content (AvgIpc) is 2.92. The Bertz CT molecular complexity index is 281. The van der Waals surface area contributed by atoms with Crippen molar-refractivity contribution in [2.45, 2.75) is 64.6 Å². The summed E-state index contributed by atoms with van der Waals surface area (Å²) in [5, 5.41) is 8.82. The quantitative estimate of drug-likeness (QED) is 0.651. The van der Waals surface area contributed by atoms with Crippen LogP contribution in [0.5, 0.6) is 0 Å². The molecule has 0 bridgehead atoms. The van der Waals surface area contributed by atoms with Crippen LogP contribution in [0.4, 0.5) is 0 Å². The predicted molar refractivity (Wildman–Crippen MR) is 59.2 cm³/mol. The Morgan fingerprint density at radius 1 is 1.40 bits per heavy atom. The van der Waals surface area contributed by atoms with E-state index >= 15 is 0 Å². The first-order valence-electron chi connectivity index (χ1n) is 6.11. The summed E-state index contributed by atoms with van der Waals surface area (Å²) in [4.78, 5) is 0. The Kier molecular flexibility index (Phi) is 2.55. The van der Waals surface area contributed by atoms with E-state index in [2.05, 4.69) is 26.8 Å². The van der Waals surface area contributed by atoms with Gasteiger partial charge in [-0.2, -0.15) is 5.26 Å². The largest absolute Gasteiger partial charge is 0.350 e. The predicted octanol–water partition coefficient (Wildman–Crippen LogP) is 3.27. The highest BCUT2D eigenvalue weighted by molar-refractivity contribution is 5.15. The summed E-state index contributed by atoms with van der Waals surface area (Å²) in [5.74, 6) is 0.816. The molecule has 1 saturated heterocycles. The van der Waals surface area contributed by atoms with Gasteiger partial charge in [-0.15, -0.1) is 0 Å². The van der Waals surface area contributed by atoms with Gasteiger partial charge in [0.15, 0.2) is 6.10 Å². The lowest BCUT2D eigenvalue weighted by Gasteiger charge is -2.38. The van der Waals surface area contributed by atoms with Crippen LogP contribution >= 0.6 is 0 Å². The van der Waals surface area contributed by atoms with Crippen molar-refractivity contribution in [1.29, 1.82) is 5.26 Å². The minimum atomic E-state index is -0.0943. The van der Waals surface area contributed by atoms with Crippen LogP contribution in [0, 0.1) is 22.7 Å². The van der Waals surface area contributed by atoms with Gasteiger partial charge < -0.3 is 4.74 Å². The van der Waals surface area contributed by atoms with Gasteiger partial charge in [-0.1, -0.05) is 27.2 Å². The fourth-order valence-electron chi connectivity index (χ4n) is 2.90. The minimum Gasteiger partial charge on any atom is -0.350 e. The van der Waals surface area contributed by atoms with Crippen molar-refractivity contribution in [3.05, 3.63) is 0 Å². The molecule has 1 spiro atoms. The van der Waals surface area contributed by atoms with E-state index in [9.17, 15) is 0 Å². The van der Waals surface area contributed by atoms with Crippen LogP contribution in [0.25, 0.3) is 0 Å². The lowest BCUT2D eigenvalue weighted by Crippen LogP contribution is -2.31. The van der Waals surface area contributed by atoms with Crippen molar-refractivity contribution in [3.63, 3.8) is 0 Å². The van der Waals surface area contributed by atoms with Crippen LogP contribution < -0.4 is 0 Å². The van der Waals surface area contributed by atoms with Crippen LogP contribution in [0.2, 0.25) is 0 Å². The van der Waals surface area contributed by atoms with Gasteiger partial charge in [0.1, 0.15) is 5.60 Å². The number of hydrogen-bond donors (Lipinski definition) is 0. The third-order valence-electron chi connectivity index (χ3n) is 4.74. The van der Waals surface area contributed by atoms with E-state index in [1.165, 1.54) is 19.3 Å². The zero-order valence-corrected chi connectivity index (χ0v) is 10.0. The molecule has 0 aromatic rings. The number of nitrogens with zero attached hydrogens (tertiary/aromatic N) is 1. The molecule has 1 aliphatic heterocycles. The maximum absolute atomic E-state index is 8.82. The maximum Gasteiger partial charge on any atom is 0.173 e. The van der Waals surface area contributed by atoms with Crippen molar-refractivity contribution in [1.82, 2.24) is 0 Å². The summed E-state index contributed by atoms with van der Waals surface area (Å²) in [5.41, 5.74) is 0.438. The summed E-state index contributed by atoms with van der Waals surface area (Å²) in [6.45, 7) is 7.01. The normalized spacial score (nSPS) is 40.1. The Hall–Kier alpha value is -0.550. The van der Waals surface area contributed by atoms with Crippen molar-refractivity contribution in [3.8, 4) is 6.07 Å². The summed E-state index contributed by atoms with van der Waals surface area (Å²) >= 11 is 0. The molecule has 0 aromatic carbocycles. The van der Waals surface area contributed by atoms with Gasteiger partial charge in [-0.05, 0) is 37.0 Å². The van der Waals surface area contributed by atoms with E-state index in [1.54, 1.807) is 0 Å². The van der Waals surface area contributed by atoms with Gasteiger partial charge in [0.05, 0.1) is 6.07 Å². The fraction of sp³-hybridized carbons (Fsp3) is 0.923. The molecular formula is C13H21NO. The van der Waals surface area contributed by atoms with Gasteiger partial charge in [-0.25, -0.2) is 0 Å². The molecule has 1 atom stereocenters. The molecule has 2 aliphatic rings. The average molecular weight is 207 g/mol. The second-order valence-corrected chi connectivity index (χ2v) is 5.81. The SMILES string of the molecule is CCC(C)(C)C1CCC2(CC1)OC2C#N. The third-order valence-corrected chi connectivity index (χ3v) is 4.74. The molecule has 2 fully saturated rings. The highest BCUT2D eigenvalue weighted by Crippen LogP contribution is 2.52. The molecule has 1 heterocycles. The molecule has 84 valence electrons. The standard InChI is InChI=1S/C13H21NO/c1-4-12(2,3)10-5-7-13(8-6-10)11(9-14)15-13/h10-11H,4-8H2,1-3H3. The molecule has 0 aromatic heterocycles. The molecule has 1 aliphatic carbocycles. The van der Waals surface area contributed by atoms with Crippen LogP contribution in [-0.4, -0.2) is 11.7 Å². The fourth-order valence-corrected chi connectivity index (χ4v) is 2.90. The molecular weight excluding hydrogens is 186 g/mol. The first-order chi connectivity index (χ1) is 7.04. The van der Waals surface area contributed by atoms with E-state index < -0.39 is 0 Å². The summed E-state index contributed by atoms with van der Waals surface area (Å²) in [6.07, 6.45) is 5.81. The number of epoxide rings is 1. The monoisotopic (exact) mass is 207 g/mol. The first-order valence-corrected chi connectivity index (χ1v) is 6.11. The molecule has 0 radical (unpaired) electrons. The van der Waals surface area contributed by atoms with Crippen LogP contribution in [0.1, 0.15) is 52.9 Å². The Morgan fingerprint density at radius 2 is 2.00 bits per heavy atom. The molecule has 2 nitrogen and oxygen atoms in total. The Balaban J connectivity index is 1.91. The molecule has 2 heteroatoms. The van der Waals surface area contributed by atoms with Crippen LogP contribution in [0.3, 0.4) is 0 Å². The molecule has 1 saturated carbocycles. The zero-order valence-electron chi connectivity index (χ0n) is 10.0. The Morgan fingerprint density at radius 3 is 2.40 bits per heavy atom. The smallest absolute Gasteiger partial charge is 0.173 e. The van der Waals surface area contributed by atoms with E-state index in [-0.39, 0.29) is 11.7 Å². The van der Waals surface area contributed by atoms with Gasteiger partial charge in [0.2, 0.25) is 0 Å². The molecule has 0 N–H and O–H groups in total. The number of rotatable bonds is 2. The van der Waals surface area contributed by atoms with Crippen molar-refractivity contribution in [2.24, 2.45) is 11.3 Å². The number of ether oxygens (including phenoxy) is 1. The van der Waals surface area contributed by atoms with Crippen molar-refractivity contribution < 1.29 is 4.74 Å². The first kappa shape index (κ1) is 11.0. The van der Waals surface area contributed by atoms with Gasteiger partial charge in [0, 0.05) is 0 Å². The highest BCUT2D eigenvalue weighted by Gasteiger charge is 2.58. The topological polar surface area (TPSA) is 36.3 Å². The van der Waals surface area contributed by atoms with Gasteiger partial charge >= 0.3 is 0 Å². The van der Waals surface area contributed by atoms with Crippen molar-refractivity contribution in [2.75, 3.05) is 0 Å². The maximum atomic E-state index is 8.82. The number of hydrogen-bond acceptors (Lipinski definition) is 2. The van der Waals surface area contributed by atoms with E-state index in [4.69, 9.17) is 10.00 Å². The minimum absolute atomic E-state index is 0.0188. The molecule has 1 unspecified atom stereocenters. The van der Waals surface area contributed by atoms with Crippen LogP contribution in [0.15, 0.2) is 0 Å². The van der Waals surface area contributed by atoms with Gasteiger partial charge in [-0.3, -0.25) is 0 Å². The molecule has 15 heavy (non-hydrogen) atoms. The second-order valence-electron chi connectivity index (χ2n) is 5.81. The van der Waals surface area contributed by atoms with E-state index in [0.29, 0.717) is 5.41 Å². The lowest BCUT2D eigenvalue weighted by molar-refractivity contribution is 0.108. The van der Waals surface area contributed by atoms with Crippen LogP contribution in [-0.2, 0) is 4.74 Å².